The Balaban J connectivity index is 1.61. The zero-order valence-electron chi connectivity index (χ0n) is 15.8. The number of aryl methyl sites for hydroxylation is 1. The Morgan fingerprint density at radius 1 is 1.22 bits per heavy atom. The minimum atomic E-state index is -0.266. The molecule has 1 aliphatic rings. The number of nitrogens with one attached hydrogen (secondary N) is 2. The van der Waals surface area contributed by atoms with Gasteiger partial charge in [-0.3, -0.25) is 0 Å². The van der Waals surface area contributed by atoms with E-state index in [0.29, 0.717) is 26.1 Å². The van der Waals surface area contributed by atoms with Crippen molar-refractivity contribution in [3.05, 3.63) is 64.5 Å². The van der Waals surface area contributed by atoms with E-state index in [0.717, 1.165) is 29.4 Å². The predicted octanol–water partition coefficient (Wildman–Crippen LogP) is 3.30. The quantitative estimate of drug-likeness (QED) is 0.604. The fourth-order valence-electron chi connectivity index (χ4n) is 3.08. The van der Waals surface area contributed by atoms with E-state index in [9.17, 15) is 4.39 Å². The zero-order chi connectivity index (χ0) is 19.1. The Morgan fingerprint density at radius 3 is 2.93 bits per heavy atom. The van der Waals surface area contributed by atoms with Crippen LogP contribution in [0.15, 0.2) is 41.4 Å². The summed E-state index contributed by atoms with van der Waals surface area (Å²) in [5, 5.41) is 6.55. The van der Waals surface area contributed by atoms with E-state index >= 15 is 0 Å². The summed E-state index contributed by atoms with van der Waals surface area (Å²) in [5.74, 6) is 1.22. The normalized spacial score (nSPS) is 13.7. The smallest absolute Gasteiger partial charge is 0.191 e. The van der Waals surface area contributed by atoms with Gasteiger partial charge in [0.15, 0.2) is 12.8 Å². The van der Waals surface area contributed by atoms with Crippen LogP contribution < -0.4 is 15.4 Å². The van der Waals surface area contributed by atoms with Crippen LogP contribution in [0.1, 0.15) is 29.2 Å². The molecule has 0 radical (unpaired) electrons. The Kier molecular flexibility index (Phi) is 6.65. The number of rotatable bonds is 6. The highest BCUT2D eigenvalue weighted by molar-refractivity contribution is 5.79. The van der Waals surface area contributed by atoms with Gasteiger partial charge in [-0.15, -0.1) is 0 Å². The lowest BCUT2D eigenvalue weighted by Gasteiger charge is -2.21. The van der Waals surface area contributed by atoms with Gasteiger partial charge in [-0.2, -0.15) is 0 Å². The molecule has 0 fully saturated rings. The minimum absolute atomic E-state index is 0.208. The van der Waals surface area contributed by atoms with Crippen molar-refractivity contribution in [2.24, 2.45) is 4.99 Å². The first-order chi connectivity index (χ1) is 13.2. The number of hydrogen-bond donors (Lipinski definition) is 2. The molecular formula is C21H26FN3O2. The molecule has 2 aromatic carbocycles. The van der Waals surface area contributed by atoms with Crippen molar-refractivity contribution in [1.82, 2.24) is 10.6 Å². The molecule has 3 rings (SSSR count). The van der Waals surface area contributed by atoms with E-state index in [4.69, 9.17) is 9.47 Å². The third-order valence-corrected chi connectivity index (χ3v) is 4.28. The lowest BCUT2D eigenvalue weighted by atomic mass is 10.1. The summed E-state index contributed by atoms with van der Waals surface area (Å²) in [7, 11) is 0. The van der Waals surface area contributed by atoms with Crippen LogP contribution in [0, 0.1) is 12.7 Å². The van der Waals surface area contributed by atoms with Crippen molar-refractivity contribution in [2.75, 3.05) is 19.9 Å². The van der Waals surface area contributed by atoms with Crippen molar-refractivity contribution in [3.63, 3.8) is 0 Å². The molecule has 144 valence electrons. The molecule has 2 aromatic rings. The monoisotopic (exact) mass is 371 g/mol. The van der Waals surface area contributed by atoms with Crippen LogP contribution in [0.5, 0.6) is 5.75 Å². The van der Waals surface area contributed by atoms with Gasteiger partial charge in [0.2, 0.25) is 0 Å². The van der Waals surface area contributed by atoms with Crippen molar-refractivity contribution in [2.45, 2.75) is 33.4 Å². The molecule has 27 heavy (non-hydrogen) atoms. The summed E-state index contributed by atoms with van der Waals surface area (Å²) in [4.78, 5) is 4.63. The molecule has 5 nitrogen and oxygen atoms in total. The summed E-state index contributed by atoms with van der Waals surface area (Å²) in [6.45, 7) is 6.69. The summed E-state index contributed by atoms with van der Waals surface area (Å²) >= 11 is 0. The standard InChI is InChI=1S/C21H26FN3O2/c1-3-23-21(25-12-16-6-4-5-15(2)9-16)24-8-7-17-10-19(22)11-18-13-26-14-27-20(17)18/h4-6,9-11H,3,7-8,12-14H2,1-2H3,(H2,23,24,25). The SMILES string of the molecule is CCNC(=NCc1cccc(C)c1)NCCc1cc(F)cc2c1OCOC2. The molecule has 1 aliphatic heterocycles. The molecule has 0 amide bonds. The number of guanidine groups is 1. The molecular weight excluding hydrogens is 345 g/mol. The van der Waals surface area contributed by atoms with Gasteiger partial charge in [-0.25, -0.2) is 9.38 Å². The van der Waals surface area contributed by atoms with Crippen LogP contribution in [0.3, 0.4) is 0 Å². The van der Waals surface area contributed by atoms with E-state index in [1.807, 2.05) is 13.0 Å². The van der Waals surface area contributed by atoms with Crippen molar-refractivity contribution in [3.8, 4) is 5.75 Å². The second-order valence-electron chi connectivity index (χ2n) is 6.52. The van der Waals surface area contributed by atoms with E-state index in [2.05, 4.69) is 40.7 Å². The molecule has 2 N–H and O–H groups in total. The number of hydrogen-bond acceptors (Lipinski definition) is 3. The average molecular weight is 371 g/mol. The first-order valence-corrected chi connectivity index (χ1v) is 9.25. The Morgan fingerprint density at radius 2 is 2.11 bits per heavy atom. The molecule has 0 spiro atoms. The Labute approximate surface area is 159 Å². The Bertz CT molecular complexity index is 808. The summed E-state index contributed by atoms with van der Waals surface area (Å²) in [5.41, 5.74) is 3.99. The largest absolute Gasteiger partial charge is 0.467 e. The molecule has 0 unspecified atom stereocenters. The molecule has 0 saturated heterocycles. The number of ether oxygens (including phenoxy) is 2. The predicted molar refractivity (Wildman–Crippen MR) is 104 cm³/mol. The molecule has 0 saturated carbocycles. The highest BCUT2D eigenvalue weighted by Gasteiger charge is 2.16. The van der Waals surface area contributed by atoms with Gasteiger partial charge >= 0.3 is 0 Å². The highest BCUT2D eigenvalue weighted by Crippen LogP contribution is 2.29. The van der Waals surface area contributed by atoms with Crippen molar-refractivity contribution in [1.29, 1.82) is 0 Å². The fraction of sp³-hybridized carbons (Fsp3) is 0.381. The maximum atomic E-state index is 13.8. The summed E-state index contributed by atoms with van der Waals surface area (Å²) in [6, 6.07) is 11.3. The number of halogens is 1. The molecule has 0 bridgehead atoms. The lowest BCUT2D eigenvalue weighted by molar-refractivity contribution is -0.0172. The number of fused-ring (bicyclic) bond motifs is 1. The van der Waals surface area contributed by atoms with E-state index < -0.39 is 0 Å². The minimum Gasteiger partial charge on any atom is -0.467 e. The second kappa shape index (κ2) is 9.37. The lowest BCUT2D eigenvalue weighted by Crippen LogP contribution is -2.38. The number of nitrogens with zero attached hydrogens (tertiary/aromatic N) is 1. The third-order valence-electron chi connectivity index (χ3n) is 4.28. The van der Waals surface area contributed by atoms with Crippen molar-refractivity contribution >= 4 is 5.96 Å². The average Bonchev–Trinajstić information content (AvgIpc) is 2.66. The van der Waals surface area contributed by atoms with Crippen LogP contribution in [0.2, 0.25) is 0 Å². The van der Waals surface area contributed by atoms with Crippen LogP contribution >= 0.6 is 0 Å². The van der Waals surface area contributed by atoms with Gasteiger partial charge in [0.25, 0.3) is 0 Å². The molecule has 0 aromatic heterocycles. The van der Waals surface area contributed by atoms with E-state index in [1.54, 1.807) is 0 Å². The maximum Gasteiger partial charge on any atom is 0.191 e. The van der Waals surface area contributed by atoms with Gasteiger partial charge in [-0.05, 0) is 43.5 Å². The van der Waals surface area contributed by atoms with Gasteiger partial charge < -0.3 is 20.1 Å². The maximum absolute atomic E-state index is 13.8. The molecule has 0 aliphatic carbocycles. The first kappa shape index (κ1) is 19.2. The zero-order valence-corrected chi connectivity index (χ0v) is 15.8. The van der Waals surface area contributed by atoms with E-state index in [1.165, 1.54) is 23.3 Å². The summed E-state index contributed by atoms with van der Waals surface area (Å²) in [6.07, 6.45) is 0.634. The summed E-state index contributed by atoms with van der Waals surface area (Å²) < 4.78 is 24.6. The topological polar surface area (TPSA) is 54.9 Å². The first-order valence-electron chi connectivity index (χ1n) is 9.25. The number of benzene rings is 2. The van der Waals surface area contributed by atoms with Gasteiger partial charge in [-0.1, -0.05) is 29.8 Å². The van der Waals surface area contributed by atoms with Crippen molar-refractivity contribution < 1.29 is 13.9 Å². The second-order valence-corrected chi connectivity index (χ2v) is 6.52. The molecule has 0 atom stereocenters. The molecule has 1 heterocycles. The van der Waals surface area contributed by atoms with Gasteiger partial charge in [0.1, 0.15) is 11.6 Å². The van der Waals surface area contributed by atoms with Crippen LogP contribution in [-0.4, -0.2) is 25.8 Å². The van der Waals surface area contributed by atoms with Gasteiger partial charge in [0.05, 0.1) is 13.2 Å². The fourth-order valence-corrected chi connectivity index (χ4v) is 3.08. The third kappa shape index (κ3) is 5.44. The van der Waals surface area contributed by atoms with Gasteiger partial charge in [0, 0.05) is 18.7 Å². The van der Waals surface area contributed by atoms with Crippen LogP contribution in [-0.2, 0) is 24.3 Å². The van der Waals surface area contributed by atoms with E-state index in [-0.39, 0.29) is 12.6 Å². The number of aliphatic imine (C=N–C) groups is 1. The van der Waals surface area contributed by atoms with Crippen LogP contribution in [0.4, 0.5) is 4.39 Å². The highest BCUT2D eigenvalue weighted by atomic mass is 19.1. The molecule has 6 heteroatoms. The van der Waals surface area contributed by atoms with Crippen LogP contribution in [0.25, 0.3) is 0 Å². The Hall–Kier alpha value is -2.60.